The quantitative estimate of drug-likeness (QED) is 0.647. The van der Waals surface area contributed by atoms with Gasteiger partial charge >= 0.3 is 0 Å². The molecule has 0 amide bonds. The van der Waals surface area contributed by atoms with Crippen LogP contribution in [0.2, 0.25) is 5.02 Å². The number of nitrogens with zero attached hydrogens (tertiary/aromatic N) is 1. The summed E-state index contributed by atoms with van der Waals surface area (Å²) in [4.78, 5) is 0.240. The van der Waals surface area contributed by atoms with Crippen molar-refractivity contribution in [3.63, 3.8) is 0 Å². The maximum Gasteiger partial charge on any atom is 0.268 e. The Kier molecular flexibility index (Phi) is 3.59. The van der Waals surface area contributed by atoms with Crippen molar-refractivity contribution in [1.29, 1.82) is 0 Å². The molecule has 0 spiro atoms. The SMILES string of the molecule is Cc1ccc(S(=O)(=O)n2cc(Cl)c3cc(Br)ccc32)cc1. The van der Waals surface area contributed by atoms with Gasteiger partial charge in [0.25, 0.3) is 10.0 Å². The van der Waals surface area contributed by atoms with Crippen LogP contribution in [-0.4, -0.2) is 12.4 Å². The normalized spacial score (nSPS) is 12.0. The maximum atomic E-state index is 12.7. The Hall–Kier alpha value is -1.30. The second-order valence-electron chi connectivity index (χ2n) is 4.75. The van der Waals surface area contributed by atoms with Crippen molar-refractivity contribution in [3.8, 4) is 0 Å². The van der Waals surface area contributed by atoms with Crippen molar-refractivity contribution >= 4 is 48.5 Å². The summed E-state index contributed by atoms with van der Waals surface area (Å²) in [6.45, 7) is 1.91. The Bertz CT molecular complexity index is 930. The van der Waals surface area contributed by atoms with Gasteiger partial charge in [-0.25, -0.2) is 12.4 Å². The molecule has 0 aliphatic rings. The Morgan fingerprint density at radius 2 is 1.76 bits per heavy atom. The van der Waals surface area contributed by atoms with E-state index in [9.17, 15) is 8.42 Å². The molecule has 3 rings (SSSR count). The minimum Gasteiger partial charge on any atom is -0.240 e. The maximum absolute atomic E-state index is 12.7. The lowest BCUT2D eigenvalue weighted by atomic mass is 10.2. The number of hydrogen-bond acceptors (Lipinski definition) is 2. The van der Waals surface area contributed by atoms with Crippen molar-refractivity contribution in [1.82, 2.24) is 3.97 Å². The van der Waals surface area contributed by atoms with Crippen LogP contribution in [0.5, 0.6) is 0 Å². The predicted molar refractivity (Wildman–Crippen MR) is 88.4 cm³/mol. The molecule has 0 N–H and O–H groups in total. The highest BCUT2D eigenvalue weighted by Crippen LogP contribution is 2.31. The van der Waals surface area contributed by atoms with Crippen LogP contribution in [0, 0.1) is 6.92 Å². The van der Waals surface area contributed by atoms with Crippen LogP contribution >= 0.6 is 27.5 Å². The van der Waals surface area contributed by atoms with E-state index in [-0.39, 0.29) is 4.90 Å². The third-order valence-electron chi connectivity index (χ3n) is 3.26. The number of halogens is 2. The first-order chi connectivity index (χ1) is 9.89. The zero-order valence-corrected chi connectivity index (χ0v) is 14.2. The molecule has 21 heavy (non-hydrogen) atoms. The molecule has 3 aromatic rings. The van der Waals surface area contributed by atoms with Gasteiger partial charge in [0.15, 0.2) is 0 Å². The van der Waals surface area contributed by atoms with Gasteiger partial charge in [-0.3, -0.25) is 0 Å². The molecule has 0 saturated carbocycles. The van der Waals surface area contributed by atoms with E-state index in [0.717, 1.165) is 10.0 Å². The van der Waals surface area contributed by atoms with Gasteiger partial charge < -0.3 is 0 Å². The first-order valence-corrected chi connectivity index (χ1v) is 8.79. The van der Waals surface area contributed by atoms with Gasteiger partial charge in [-0.2, -0.15) is 0 Å². The summed E-state index contributed by atoms with van der Waals surface area (Å²) in [6.07, 6.45) is 1.44. The fourth-order valence-corrected chi connectivity index (χ4v) is 4.19. The zero-order chi connectivity index (χ0) is 15.2. The third kappa shape index (κ3) is 2.50. The van der Waals surface area contributed by atoms with Crippen molar-refractivity contribution in [2.24, 2.45) is 0 Å². The Morgan fingerprint density at radius 1 is 1.10 bits per heavy atom. The van der Waals surface area contributed by atoms with Crippen molar-refractivity contribution in [2.75, 3.05) is 0 Å². The molecule has 0 saturated heterocycles. The molecule has 1 heterocycles. The summed E-state index contributed by atoms with van der Waals surface area (Å²) in [5, 5.41) is 1.10. The second-order valence-corrected chi connectivity index (χ2v) is 7.89. The van der Waals surface area contributed by atoms with E-state index in [1.165, 1.54) is 10.2 Å². The molecular weight excluding hydrogens is 374 g/mol. The summed E-state index contributed by atoms with van der Waals surface area (Å²) in [6, 6.07) is 12.1. The van der Waals surface area contributed by atoms with Gasteiger partial charge in [0, 0.05) is 16.1 Å². The van der Waals surface area contributed by atoms with Gasteiger partial charge in [-0.15, -0.1) is 0 Å². The molecule has 108 valence electrons. The lowest BCUT2D eigenvalue weighted by Gasteiger charge is -2.07. The third-order valence-corrected chi connectivity index (χ3v) is 5.74. The molecule has 3 nitrogen and oxygen atoms in total. The highest BCUT2D eigenvalue weighted by molar-refractivity contribution is 9.10. The number of rotatable bonds is 2. The molecule has 0 atom stereocenters. The molecule has 0 fully saturated rings. The lowest BCUT2D eigenvalue weighted by Crippen LogP contribution is -2.11. The molecule has 0 aliphatic carbocycles. The molecule has 0 unspecified atom stereocenters. The monoisotopic (exact) mass is 383 g/mol. The van der Waals surface area contributed by atoms with Crippen molar-refractivity contribution < 1.29 is 8.42 Å². The lowest BCUT2D eigenvalue weighted by molar-refractivity contribution is 0.589. The fourth-order valence-electron chi connectivity index (χ4n) is 2.16. The van der Waals surface area contributed by atoms with E-state index in [2.05, 4.69) is 15.9 Å². The number of fused-ring (bicyclic) bond motifs is 1. The second kappa shape index (κ2) is 5.16. The first kappa shape index (κ1) is 14.6. The smallest absolute Gasteiger partial charge is 0.240 e. The predicted octanol–water partition coefficient (Wildman–Crippen LogP) is 4.60. The van der Waals surface area contributed by atoms with Crippen LogP contribution in [0.15, 0.2) is 58.0 Å². The topological polar surface area (TPSA) is 39.1 Å². The summed E-state index contributed by atoms with van der Waals surface area (Å²) in [5.74, 6) is 0. The standard InChI is InChI=1S/C15H11BrClNO2S/c1-10-2-5-12(6-3-10)21(19,20)18-9-14(17)13-8-11(16)4-7-15(13)18/h2-9H,1H3. The molecule has 0 bridgehead atoms. The van der Waals surface area contributed by atoms with E-state index >= 15 is 0 Å². The van der Waals surface area contributed by atoms with E-state index in [4.69, 9.17) is 11.6 Å². The van der Waals surface area contributed by atoms with Crippen LogP contribution in [0.25, 0.3) is 10.9 Å². The molecule has 2 aromatic carbocycles. The van der Waals surface area contributed by atoms with Crippen LogP contribution < -0.4 is 0 Å². The van der Waals surface area contributed by atoms with E-state index in [1.54, 1.807) is 42.5 Å². The van der Waals surface area contributed by atoms with Crippen LogP contribution in [0.4, 0.5) is 0 Å². The average molecular weight is 385 g/mol. The summed E-state index contributed by atoms with van der Waals surface area (Å²) < 4.78 is 27.6. The highest BCUT2D eigenvalue weighted by atomic mass is 79.9. The Labute approximate surface area is 136 Å². The Balaban J connectivity index is 2.26. The largest absolute Gasteiger partial charge is 0.268 e. The van der Waals surface area contributed by atoms with Crippen LogP contribution in [0.1, 0.15) is 5.56 Å². The summed E-state index contributed by atoms with van der Waals surface area (Å²) >= 11 is 9.52. The Morgan fingerprint density at radius 3 is 2.43 bits per heavy atom. The highest BCUT2D eigenvalue weighted by Gasteiger charge is 2.20. The minimum absolute atomic E-state index is 0.240. The molecule has 0 radical (unpaired) electrons. The van der Waals surface area contributed by atoms with Crippen LogP contribution in [0.3, 0.4) is 0 Å². The molecule has 1 aromatic heterocycles. The van der Waals surface area contributed by atoms with Gasteiger partial charge in [0.05, 0.1) is 15.4 Å². The minimum atomic E-state index is -3.66. The number of aromatic nitrogens is 1. The fraction of sp³-hybridized carbons (Fsp3) is 0.0667. The molecular formula is C15H11BrClNO2S. The van der Waals surface area contributed by atoms with E-state index in [1.807, 2.05) is 6.92 Å². The summed E-state index contributed by atoms with van der Waals surface area (Å²) in [7, 11) is -3.66. The number of hydrogen-bond donors (Lipinski definition) is 0. The first-order valence-electron chi connectivity index (χ1n) is 6.18. The van der Waals surface area contributed by atoms with Crippen LogP contribution in [-0.2, 0) is 10.0 Å². The molecule has 6 heteroatoms. The van der Waals surface area contributed by atoms with Gasteiger partial charge in [-0.05, 0) is 37.3 Å². The van der Waals surface area contributed by atoms with E-state index in [0.29, 0.717) is 15.9 Å². The van der Waals surface area contributed by atoms with E-state index < -0.39 is 10.0 Å². The zero-order valence-electron chi connectivity index (χ0n) is 11.0. The molecule has 0 aliphatic heterocycles. The van der Waals surface area contributed by atoms with Crippen molar-refractivity contribution in [2.45, 2.75) is 11.8 Å². The van der Waals surface area contributed by atoms with Gasteiger partial charge in [0.1, 0.15) is 0 Å². The number of aryl methyl sites for hydroxylation is 1. The number of benzene rings is 2. The van der Waals surface area contributed by atoms with Crippen molar-refractivity contribution in [3.05, 3.63) is 63.7 Å². The summed E-state index contributed by atoms with van der Waals surface area (Å²) in [5.41, 5.74) is 1.57. The van der Waals surface area contributed by atoms with Gasteiger partial charge in [0.2, 0.25) is 0 Å². The van der Waals surface area contributed by atoms with Gasteiger partial charge in [-0.1, -0.05) is 45.2 Å². The average Bonchev–Trinajstić information content (AvgIpc) is 2.77.